The van der Waals surface area contributed by atoms with Gasteiger partial charge in [0.05, 0.1) is 24.3 Å². The van der Waals surface area contributed by atoms with Crippen LogP contribution < -0.4 is 5.32 Å². The Hall–Kier alpha value is -2.68. The summed E-state index contributed by atoms with van der Waals surface area (Å²) in [5.74, 6) is -0.438. The van der Waals surface area contributed by atoms with Crippen molar-refractivity contribution in [3.63, 3.8) is 0 Å². The van der Waals surface area contributed by atoms with Crippen molar-refractivity contribution in [3.05, 3.63) is 70.8 Å². The average molecular weight is 468 g/mol. The van der Waals surface area contributed by atoms with E-state index in [4.69, 9.17) is 4.74 Å². The molecule has 0 bridgehead atoms. The average Bonchev–Trinajstić information content (AvgIpc) is 3.10. The molecule has 0 saturated carbocycles. The van der Waals surface area contributed by atoms with Gasteiger partial charge in [0.15, 0.2) is 0 Å². The molecule has 2 aliphatic heterocycles. The molecule has 1 atom stereocenters. The van der Waals surface area contributed by atoms with Gasteiger partial charge in [-0.25, -0.2) is 0 Å². The summed E-state index contributed by atoms with van der Waals surface area (Å²) >= 11 is 1.58. The van der Waals surface area contributed by atoms with E-state index in [2.05, 4.69) is 22.3 Å². The second-order valence-electron chi connectivity index (χ2n) is 8.25. The predicted octanol–water partition coefficient (Wildman–Crippen LogP) is 2.55. The second-order valence-corrected chi connectivity index (χ2v) is 9.23. The van der Waals surface area contributed by atoms with Gasteiger partial charge in [-0.3, -0.25) is 24.2 Å². The number of hydrogen-bond acceptors (Lipinski definition) is 6. The fourth-order valence-corrected chi connectivity index (χ4v) is 4.64. The lowest BCUT2D eigenvalue weighted by molar-refractivity contribution is -0.125. The van der Waals surface area contributed by atoms with Crippen LogP contribution >= 0.6 is 11.8 Å². The standard InChI is InChI=1S/C25H29N3O4S/c1-33-15-10-22(28-24(30)20-4-2-3-5-21(20)25(28)31)23(29)26-16-18-6-8-19(9-7-18)17-27-11-13-32-14-12-27/h2-9,22H,10-17H2,1H3,(H,26,29). The van der Waals surface area contributed by atoms with E-state index >= 15 is 0 Å². The maximum absolute atomic E-state index is 13.1. The Morgan fingerprint density at radius 2 is 1.61 bits per heavy atom. The molecule has 4 rings (SSSR count). The van der Waals surface area contributed by atoms with E-state index in [1.807, 2.05) is 18.4 Å². The number of carbonyl (C=O) groups is 3. The molecule has 8 heteroatoms. The fraction of sp³-hybridized carbons (Fsp3) is 0.400. The van der Waals surface area contributed by atoms with Crippen molar-refractivity contribution < 1.29 is 19.1 Å². The number of benzene rings is 2. The summed E-state index contributed by atoms with van der Waals surface area (Å²) in [5, 5.41) is 2.93. The fourth-order valence-electron chi connectivity index (χ4n) is 4.18. The van der Waals surface area contributed by atoms with Gasteiger partial charge < -0.3 is 10.1 Å². The molecule has 1 saturated heterocycles. The monoisotopic (exact) mass is 467 g/mol. The zero-order valence-corrected chi connectivity index (χ0v) is 19.6. The molecule has 0 aliphatic carbocycles. The van der Waals surface area contributed by atoms with Crippen LogP contribution in [0.4, 0.5) is 0 Å². The summed E-state index contributed by atoms with van der Waals surface area (Å²) in [7, 11) is 0. The van der Waals surface area contributed by atoms with Crippen molar-refractivity contribution in [2.75, 3.05) is 38.3 Å². The lowest BCUT2D eigenvalue weighted by Gasteiger charge is -2.26. The zero-order valence-electron chi connectivity index (χ0n) is 18.8. The first kappa shape index (κ1) is 23.5. The highest BCUT2D eigenvalue weighted by atomic mass is 32.2. The van der Waals surface area contributed by atoms with E-state index in [-0.39, 0.29) is 5.91 Å². The Balaban J connectivity index is 1.39. The molecule has 2 aliphatic rings. The molecule has 2 heterocycles. The summed E-state index contributed by atoms with van der Waals surface area (Å²) in [6.07, 6.45) is 2.35. The summed E-state index contributed by atoms with van der Waals surface area (Å²) < 4.78 is 5.39. The number of hydrogen-bond donors (Lipinski definition) is 1. The smallest absolute Gasteiger partial charge is 0.262 e. The quantitative estimate of drug-likeness (QED) is 0.571. The maximum Gasteiger partial charge on any atom is 0.262 e. The largest absolute Gasteiger partial charge is 0.379 e. The van der Waals surface area contributed by atoms with Gasteiger partial charge in [-0.05, 0) is 41.7 Å². The SMILES string of the molecule is CSCCC(C(=O)NCc1ccc(CN2CCOCC2)cc1)N1C(=O)c2ccccc2C1=O. The number of carbonyl (C=O) groups excluding carboxylic acids is 3. The van der Waals surface area contributed by atoms with Gasteiger partial charge in [0.25, 0.3) is 11.8 Å². The second kappa shape index (κ2) is 11.0. The van der Waals surface area contributed by atoms with Crippen LogP contribution in [-0.4, -0.2) is 71.9 Å². The van der Waals surface area contributed by atoms with E-state index in [0.29, 0.717) is 29.8 Å². The van der Waals surface area contributed by atoms with Crippen LogP contribution in [-0.2, 0) is 22.6 Å². The minimum atomic E-state index is -0.828. The number of nitrogens with one attached hydrogen (secondary N) is 1. The summed E-state index contributed by atoms with van der Waals surface area (Å²) in [4.78, 5) is 42.4. The van der Waals surface area contributed by atoms with Gasteiger partial charge in [-0.15, -0.1) is 0 Å². The zero-order chi connectivity index (χ0) is 23.2. The van der Waals surface area contributed by atoms with Crippen molar-refractivity contribution >= 4 is 29.5 Å². The number of fused-ring (bicyclic) bond motifs is 1. The summed E-state index contributed by atoms with van der Waals surface area (Å²) in [6.45, 7) is 4.64. The van der Waals surface area contributed by atoms with Crippen LogP contribution in [0.15, 0.2) is 48.5 Å². The molecule has 0 spiro atoms. The molecular weight excluding hydrogens is 438 g/mol. The van der Waals surface area contributed by atoms with Crippen molar-refractivity contribution in [1.82, 2.24) is 15.1 Å². The summed E-state index contributed by atoms with van der Waals surface area (Å²) in [6, 6.07) is 14.1. The Morgan fingerprint density at radius 1 is 1.00 bits per heavy atom. The number of ether oxygens (including phenoxy) is 1. The highest BCUT2D eigenvalue weighted by Crippen LogP contribution is 2.26. The third-order valence-electron chi connectivity index (χ3n) is 6.03. The maximum atomic E-state index is 13.1. The van der Waals surface area contributed by atoms with E-state index in [1.54, 1.807) is 36.0 Å². The molecule has 7 nitrogen and oxygen atoms in total. The molecule has 0 aromatic heterocycles. The molecule has 174 valence electrons. The Morgan fingerprint density at radius 3 is 2.21 bits per heavy atom. The molecule has 1 fully saturated rings. The highest BCUT2D eigenvalue weighted by Gasteiger charge is 2.42. The van der Waals surface area contributed by atoms with Crippen LogP contribution in [0.5, 0.6) is 0 Å². The van der Waals surface area contributed by atoms with Gasteiger partial charge in [0.2, 0.25) is 5.91 Å². The molecule has 3 amide bonds. The van der Waals surface area contributed by atoms with E-state index in [0.717, 1.165) is 43.3 Å². The lowest BCUT2D eigenvalue weighted by atomic mass is 10.1. The topological polar surface area (TPSA) is 79.0 Å². The normalized spacial score (nSPS) is 17.2. The van der Waals surface area contributed by atoms with Crippen molar-refractivity contribution in [3.8, 4) is 0 Å². The van der Waals surface area contributed by atoms with Crippen molar-refractivity contribution in [2.24, 2.45) is 0 Å². The van der Waals surface area contributed by atoms with Gasteiger partial charge in [0.1, 0.15) is 6.04 Å². The number of rotatable bonds is 9. The van der Waals surface area contributed by atoms with E-state index < -0.39 is 17.9 Å². The van der Waals surface area contributed by atoms with Crippen LogP contribution in [0.3, 0.4) is 0 Å². The molecule has 1 unspecified atom stereocenters. The van der Waals surface area contributed by atoms with E-state index in [1.165, 1.54) is 5.56 Å². The minimum absolute atomic E-state index is 0.309. The number of amides is 3. The predicted molar refractivity (Wildman–Crippen MR) is 128 cm³/mol. The van der Waals surface area contributed by atoms with Gasteiger partial charge in [0, 0.05) is 26.2 Å². The van der Waals surface area contributed by atoms with E-state index in [9.17, 15) is 14.4 Å². The molecule has 2 aromatic rings. The molecule has 2 aromatic carbocycles. The molecular formula is C25H29N3O4S. The minimum Gasteiger partial charge on any atom is -0.379 e. The van der Waals surface area contributed by atoms with Crippen LogP contribution in [0.2, 0.25) is 0 Å². The lowest BCUT2D eigenvalue weighted by Crippen LogP contribution is -2.49. The Bertz CT molecular complexity index is 970. The van der Waals surface area contributed by atoms with Crippen LogP contribution in [0.1, 0.15) is 38.3 Å². The number of thioether (sulfide) groups is 1. The Labute approximate surface area is 198 Å². The van der Waals surface area contributed by atoms with Crippen LogP contribution in [0, 0.1) is 0 Å². The number of nitrogens with zero attached hydrogens (tertiary/aromatic N) is 2. The molecule has 33 heavy (non-hydrogen) atoms. The Kier molecular flexibility index (Phi) is 7.80. The van der Waals surface area contributed by atoms with Crippen molar-refractivity contribution in [2.45, 2.75) is 25.6 Å². The highest BCUT2D eigenvalue weighted by molar-refractivity contribution is 7.98. The third-order valence-corrected chi connectivity index (χ3v) is 6.68. The first-order valence-electron chi connectivity index (χ1n) is 11.2. The molecule has 1 N–H and O–H groups in total. The number of morpholine rings is 1. The van der Waals surface area contributed by atoms with Gasteiger partial charge >= 0.3 is 0 Å². The van der Waals surface area contributed by atoms with Gasteiger partial charge in [-0.2, -0.15) is 11.8 Å². The van der Waals surface area contributed by atoms with Crippen LogP contribution in [0.25, 0.3) is 0 Å². The first-order valence-corrected chi connectivity index (χ1v) is 12.6. The van der Waals surface area contributed by atoms with Crippen molar-refractivity contribution in [1.29, 1.82) is 0 Å². The number of imide groups is 1. The van der Waals surface area contributed by atoms with Gasteiger partial charge in [-0.1, -0.05) is 36.4 Å². The first-order chi connectivity index (χ1) is 16.1. The molecule has 0 radical (unpaired) electrons. The summed E-state index contributed by atoms with van der Waals surface area (Å²) in [5.41, 5.74) is 2.91. The third kappa shape index (κ3) is 5.46.